The smallest absolute Gasteiger partial charge is 0.224 e. The molecule has 1 fully saturated rings. The largest absolute Gasteiger partial charge is 0.349 e. The molecule has 0 bridgehead atoms. The van der Waals surface area contributed by atoms with Gasteiger partial charge in [-0.3, -0.25) is 4.79 Å². The zero-order chi connectivity index (χ0) is 15.4. The van der Waals surface area contributed by atoms with Gasteiger partial charge in [0, 0.05) is 17.5 Å². The predicted octanol–water partition coefficient (Wildman–Crippen LogP) is 3.58. The summed E-state index contributed by atoms with van der Waals surface area (Å²) in [6.45, 7) is 3.63. The van der Waals surface area contributed by atoms with Crippen LogP contribution in [0.4, 0.5) is 4.39 Å². The fourth-order valence-corrected chi connectivity index (χ4v) is 2.99. The Hall–Kier alpha value is -1.13. The van der Waals surface area contributed by atoms with Crippen molar-refractivity contribution >= 4 is 18.3 Å². The molecular formula is C17H26ClFN2O. The summed E-state index contributed by atoms with van der Waals surface area (Å²) in [4.78, 5) is 12.3. The Bertz CT molecular complexity index is 489. The van der Waals surface area contributed by atoms with Crippen LogP contribution in [-0.2, 0) is 4.79 Å². The Labute approximate surface area is 138 Å². The number of nitrogens with two attached hydrogens (primary N) is 1. The van der Waals surface area contributed by atoms with Crippen LogP contribution in [0.25, 0.3) is 0 Å². The van der Waals surface area contributed by atoms with E-state index < -0.39 is 0 Å². The maximum Gasteiger partial charge on any atom is 0.224 e. The van der Waals surface area contributed by atoms with Gasteiger partial charge in [-0.05, 0) is 31.7 Å². The molecule has 1 aromatic rings. The van der Waals surface area contributed by atoms with Crippen LogP contribution in [-0.4, -0.2) is 11.9 Å². The third kappa shape index (κ3) is 4.43. The minimum absolute atomic E-state index is 0. The molecule has 1 saturated carbocycles. The second-order valence-electron chi connectivity index (χ2n) is 6.20. The van der Waals surface area contributed by atoms with E-state index in [0.29, 0.717) is 11.5 Å². The van der Waals surface area contributed by atoms with E-state index in [1.54, 1.807) is 12.1 Å². The van der Waals surface area contributed by atoms with Gasteiger partial charge in [-0.1, -0.05) is 38.0 Å². The number of hydrogen-bond acceptors (Lipinski definition) is 2. The lowest BCUT2D eigenvalue weighted by Gasteiger charge is -2.28. The van der Waals surface area contributed by atoms with Gasteiger partial charge in [0.15, 0.2) is 0 Å². The minimum atomic E-state index is -0.277. The molecule has 3 N–H and O–H groups in total. The third-order valence-corrected chi connectivity index (χ3v) is 4.61. The molecule has 2 rings (SSSR count). The predicted molar refractivity (Wildman–Crippen MR) is 89.3 cm³/mol. The van der Waals surface area contributed by atoms with E-state index in [9.17, 15) is 9.18 Å². The second kappa shape index (κ2) is 8.49. The zero-order valence-corrected chi connectivity index (χ0v) is 14.0. The quantitative estimate of drug-likeness (QED) is 0.868. The number of amides is 1. The summed E-state index contributed by atoms with van der Waals surface area (Å²) in [7, 11) is 0. The maximum atomic E-state index is 14.1. The van der Waals surface area contributed by atoms with E-state index in [1.807, 2.05) is 19.9 Å². The molecular weight excluding hydrogens is 303 g/mol. The Morgan fingerprint density at radius 1 is 1.27 bits per heavy atom. The van der Waals surface area contributed by atoms with Crippen molar-refractivity contribution < 1.29 is 9.18 Å². The Morgan fingerprint density at radius 3 is 2.41 bits per heavy atom. The van der Waals surface area contributed by atoms with Gasteiger partial charge >= 0.3 is 0 Å². The van der Waals surface area contributed by atoms with Gasteiger partial charge in [0.05, 0.1) is 6.04 Å². The first-order valence-electron chi connectivity index (χ1n) is 7.81. The van der Waals surface area contributed by atoms with Crippen molar-refractivity contribution in [2.75, 3.05) is 0 Å². The third-order valence-electron chi connectivity index (χ3n) is 4.61. The maximum absolute atomic E-state index is 14.1. The van der Waals surface area contributed by atoms with Crippen molar-refractivity contribution in [3.05, 3.63) is 35.6 Å². The number of carbonyl (C=O) groups is 1. The number of benzene rings is 1. The van der Waals surface area contributed by atoms with Crippen LogP contribution in [0.15, 0.2) is 24.3 Å². The van der Waals surface area contributed by atoms with Gasteiger partial charge in [0.1, 0.15) is 5.82 Å². The van der Waals surface area contributed by atoms with Crippen LogP contribution in [0.3, 0.4) is 0 Å². The number of rotatable bonds is 5. The number of hydrogen-bond donors (Lipinski definition) is 2. The molecule has 3 nitrogen and oxygen atoms in total. The molecule has 1 aliphatic rings. The monoisotopic (exact) mass is 328 g/mol. The van der Waals surface area contributed by atoms with Gasteiger partial charge in [0.25, 0.3) is 0 Å². The summed E-state index contributed by atoms with van der Waals surface area (Å²) in [5, 5.41) is 3.04. The first-order valence-corrected chi connectivity index (χ1v) is 7.81. The molecule has 0 radical (unpaired) electrons. The molecule has 0 aliphatic heterocycles. The Kier molecular flexibility index (Phi) is 7.30. The highest BCUT2D eigenvalue weighted by Gasteiger charge is 2.31. The summed E-state index contributed by atoms with van der Waals surface area (Å²) < 4.78 is 14.1. The second-order valence-corrected chi connectivity index (χ2v) is 6.20. The van der Waals surface area contributed by atoms with E-state index >= 15 is 0 Å². The fraction of sp³-hybridized carbons (Fsp3) is 0.588. The van der Waals surface area contributed by atoms with Crippen molar-refractivity contribution in [3.8, 4) is 0 Å². The fourth-order valence-electron chi connectivity index (χ4n) is 2.99. The average molecular weight is 329 g/mol. The number of carbonyl (C=O) groups excluding carboxylic acids is 1. The summed E-state index contributed by atoms with van der Waals surface area (Å²) in [6.07, 6.45) is 4.36. The molecule has 22 heavy (non-hydrogen) atoms. The Balaban J connectivity index is 0.00000242. The summed E-state index contributed by atoms with van der Waals surface area (Å²) in [5.74, 6) is -0.305. The lowest BCUT2D eigenvalue weighted by Crippen LogP contribution is -2.42. The lowest BCUT2D eigenvalue weighted by atomic mass is 9.90. The topological polar surface area (TPSA) is 55.1 Å². The minimum Gasteiger partial charge on any atom is -0.349 e. The van der Waals surface area contributed by atoms with Crippen molar-refractivity contribution in [2.45, 2.75) is 51.6 Å². The SMILES string of the molecule is CC(N)C(C)C(=O)NC(c1ccccc1F)C1CCCC1.Cl. The molecule has 0 spiro atoms. The number of nitrogens with one attached hydrogen (secondary N) is 1. The van der Waals surface area contributed by atoms with Gasteiger partial charge in [-0.25, -0.2) is 4.39 Å². The molecule has 1 aromatic carbocycles. The van der Waals surface area contributed by atoms with Crippen molar-refractivity contribution in [1.29, 1.82) is 0 Å². The van der Waals surface area contributed by atoms with E-state index in [2.05, 4.69) is 5.32 Å². The zero-order valence-electron chi connectivity index (χ0n) is 13.2. The van der Waals surface area contributed by atoms with Crippen LogP contribution in [0, 0.1) is 17.7 Å². The molecule has 0 heterocycles. The molecule has 0 aromatic heterocycles. The molecule has 124 valence electrons. The van der Waals surface area contributed by atoms with Gasteiger partial charge in [-0.15, -0.1) is 12.4 Å². The van der Waals surface area contributed by atoms with Gasteiger partial charge < -0.3 is 11.1 Å². The van der Waals surface area contributed by atoms with Crippen LogP contribution in [0.2, 0.25) is 0 Å². The number of halogens is 2. The van der Waals surface area contributed by atoms with Crippen LogP contribution >= 0.6 is 12.4 Å². The summed E-state index contributed by atoms with van der Waals surface area (Å²) >= 11 is 0. The first kappa shape index (κ1) is 18.9. The lowest BCUT2D eigenvalue weighted by molar-refractivity contribution is -0.126. The van der Waals surface area contributed by atoms with Crippen LogP contribution in [0.1, 0.15) is 51.1 Å². The molecule has 3 atom stereocenters. The summed E-state index contributed by atoms with van der Waals surface area (Å²) in [6, 6.07) is 6.27. The molecule has 5 heteroatoms. The van der Waals surface area contributed by atoms with Gasteiger partial charge in [-0.2, -0.15) is 0 Å². The van der Waals surface area contributed by atoms with E-state index in [4.69, 9.17) is 5.73 Å². The van der Waals surface area contributed by atoms with E-state index in [-0.39, 0.29) is 42.1 Å². The van der Waals surface area contributed by atoms with Crippen LogP contribution in [0.5, 0.6) is 0 Å². The standard InChI is InChI=1S/C17H25FN2O.ClH/c1-11(12(2)19)17(21)20-16(13-7-3-4-8-13)14-9-5-6-10-15(14)18;/h5-6,9-13,16H,3-4,7-8,19H2,1-2H3,(H,20,21);1H. The van der Waals surface area contributed by atoms with Crippen molar-refractivity contribution in [1.82, 2.24) is 5.32 Å². The molecule has 0 saturated heterocycles. The average Bonchev–Trinajstić information content (AvgIpc) is 2.98. The van der Waals surface area contributed by atoms with Crippen LogP contribution < -0.4 is 11.1 Å². The highest BCUT2D eigenvalue weighted by molar-refractivity contribution is 5.85. The van der Waals surface area contributed by atoms with Gasteiger partial charge in [0.2, 0.25) is 5.91 Å². The van der Waals surface area contributed by atoms with Crippen molar-refractivity contribution in [3.63, 3.8) is 0 Å². The molecule has 1 amide bonds. The summed E-state index contributed by atoms with van der Waals surface area (Å²) in [5.41, 5.74) is 6.39. The first-order chi connectivity index (χ1) is 10.0. The van der Waals surface area contributed by atoms with E-state index in [0.717, 1.165) is 25.7 Å². The highest BCUT2D eigenvalue weighted by atomic mass is 35.5. The molecule has 1 aliphatic carbocycles. The highest BCUT2D eigenvalue weighted by Crippen LogP contribution is 2.36. The van der Waals surface area contributed by atoms with Crippen molar-refractivity contribution in [2.24, 2.45) is 17.6 Å². The normalized spacial score (nSPS) is 19.1. The Morgan fingerprint density at radius 2 is 1.86 bits per heavy atom. The molecule has 3 unspecified atom stereocenters. The van der Waals surface area contributed by atoms with E-state index in [1.165, 1.54) is 6.07 Å².